The molecule has 3 unspecified atom stereocenters. The summed E-state index contributed by atoms with van der Waals surface area (Å²) in [4.78, 5) is 16.6. The second kappa shape index (κ2) is 8.43. The van der Waals surface area contributed by atoms with E-state index in [2.05, 4.69) is 18.8 Å². The maximum absolute atomic E-state index is 12.4. The topological polar surface area (TPSA) is 50.2 Å². The number of carboxylic acid groups (broad SMARTS) is 1. The van der Waals surface area contributed by atoms with Gasteiger partial charge in [-0.15, -0.1) is 11.8 Å². The van der Waals surface area contributed by atoms with E-state index in [0.717, 1.165) is 12.0 Å². The molecule has 6 heteroatoms. The monoisotopic (exact) mass is 397 g/mol. The first-order chi connectivity index (χ1) is 11.8. The fourth-order valence-electron chi connectivity index (χ4n) is 2.69. The average Bonchev–Trinajstić information content (AvgIpc) is 2.59. The third kappa shape index (κ3) is 4.30. The minimum Gasteiger partial charge on any atom is -0.481 e. The van der Waals surface area contributed by atoms with E-state index in [1.807, 2.05) is 12.1 Å². The van der Waals surface area contributed by atoms with Crippen LogP contribution in [0.1, 0.15) is 43.6 Å². The van der Waals surface area contributed by atoms with Crippen LogP contribution in [0.5, 0.6) is 0 Å². The lowest BCUT2D eigenvalue weighted by Gasteiger charge is -2.36. The highest BCUT2D eigenvalue weighted by atomic mass is 35.5. The van der Waals surface area contributed by atoms with Gasteiger partial charge in [0.2, 0.25) is 0 Å². The summed E-state index contributed by atoms with van der Waals surface area (Å²) < 4.78 is 0. The average molecular weight is 398 g/mol. The summed E-state index contributed by atoms with van der Waals surface area (Å²) in [5.74, 6) is -0.929. The van der Waals surface area contributed by atoms with Gasteiger partial charge < -0.3 is 5.11 Å². The Bertz CT molecular complexity index is 741. The third-order valence-corrected chi connectivity index (χ3v) is 6.75. The highest BCUT2D eigenvalue weighted by Crippen LogP contribution is 2.50. The van der Waals surface area contributed by atoms with Crippen LogP contribution in [-0.4, -0.2) is 21.3 Å². The van der Waals surface area contributed by atoms with Gasteiger partial charge in [-0.25, -0.2) is 0 Å². The molecular formula is C19H21Cl2NO2S. The number of pyridine rings is 1. The molecule has 1 heterocycles. The summed E-state index contributed by atoms with van der Waals surface area (Å²) in [6.07, 6.45) is 4.35. The number of carboxylic acids is 1. The zero-order valence-corrected chi connectivity index (χ0v) is 16.7. The van der Waals surface area contributed by atoms with Gasteiger partial charge in [-0.05, 0) is 42.7 Å². The molecule has 0 aliphatic carbocycles. The summed E-state index contributed by atoms with van der Waals surface area (Å²) >= 11 is 14.0. The highest BCUT2D eigenvalue weighted by Gasteiger charge is 2.46. The van der Waals surface area contributed by atoms with Crippen molar-refractivity contribution in [2.75, 3.05) is 0 Å². The van der Waals surface area contributed by atoms with Crippen LogP contribution in [0.15, 0.2) is 42.7 Å². The van der Waals surface area contributed by atoms with E-state index in [4.69, 9.17) is 23.2 Å². The van der Waals surface area contributed by atoms with Crippen LogP contribution in [0.4, 0.5) is 0 Å². The lowest BCUT2D eigenvalue weighted by atomic mass is 9.77. The second-order valence-corrected chi connectivity index (χ2v) is 8.54. The Morgan fingerprint density at radius 1 is 1.36 bits per heavy atom. The molecule has 0 aliphatic heterocycles. The first-order valence-electron chi connectivity index (χ1n) is 8.05. The lowest BCUT2D eigenvalue weighted by molar-refractivity contribution is -0.143. The predicted octanol–water partition coefficient (Wildman–Crippen LogP) is 6.00. The largest absolute Gasteiger partial charge is 0.481 e. The number of hydrogen-bond acceptors (Lipinski definition) is 3. The quantitative estimate of drug-likeness (QED) is 0.621. The van der Waals surface area contributed by atoms with E-state index in [9.17, 15) is 9.90 Å². The molecular weight excluding hydrogens is 377 g/mol. The van der Waals surface area contributed by atoms with Crippen molar-refractivity contribution in [3.63, 3.8) is 0 Å². The molecule has 0 saturated heterocycles. The molecule has 3 nitrogen and oxygen atoms in total. The number of aliphatic carboxylic acids is 1. The zero-order valence-electron chi connectivity index (χ0n) is 14.4. The molecule has 2 rings (SSSR count). The first-order valence-corrected chi connectivity index (χ1v) is 9.74. The van der Waals surface area contributed by atoms with Crippen molar-refractivity contribution in [1.29, 1.82) is 0 Å². The van der Waals surface area contributed by atoms with E-state index in [0.29, 0.717) is 15.6 Å². The van der Waals surface area contributed by atoms with Crippen molar-refractivity contribution in [2.45, 2.75) is 43.1 Å². The molecule has 2 aromatic rings. The van der Waals surface area contributed by atoms with Crippen LogP contribution >= 0.6 is 35.0 Å². The van der Waals surface area contributed by atoms with Crippen molar-refractivity contribution in [3.05, 3.63) is 63.9 Å². The summed E-state index contributed by atoms with van der Waals surface area (Å²) in [6, 6.07) is 8.72. The number of thioether (sulfide) groups is 1. The van der Waals surface area contributed by atoms with Crippen molar-refractivity contribution >= 4 is 40.9 Å². The molecule has 0 radical (unpaired) electrons. The Morgan fingerprint density at radius 3 is 2.60 bits per heavy atom. The Morgan fingerprint density at radius 2 is 2.08 bits per heavy atom. The van der Waals surface area contributed by atoms with Gasteiger partial charge in [0.1, 0.15) is 5.41 Å². The van der Waals surface area contributed by atoms with Crippen LogP contribution in [0.25, 0.3) is 0 Å². The minimum atomic E-state index is -1.22. The van der Waals surface area contributed by atoms with Gasteiger partial charge in [-0.2, -0.15) is 0 Å². The second-order valence-electron chi connectivity index (χ2n) is 6.15. The van der Waals surface area contributed by atoms with Crippen molar-refractivity contribution in [2.24, 2.45) is 0 Å². The smallest absolute Gasteiger partial charge is 0.315 e. The maximum atomic E-state index is 12.4. The SMILES string of the molecule is CCC(C)SC(c1cccnc1)C(C)(C(=O)O)c1ccc(Cl)cc1Cl. The summed E-state index contributed by atoms with van der Waals surface area (Å²) in [7, 11) is 0. The molecule has 1 N–H and O–H groups in total. The molecule has 1 aromatic carbocycles. The van der Waals surface area contributed by atoms with Gasteiger partial charge >= 0.3 is 5.97 Å². The number of benzene rings is 1. The van der Waals surface area contributed by atoms with Gasteiger partial charge in [0.15, 0.2) is 0 Å². The Kier molecular flexibility index (Phi) is 6.78. The standard InChI is InChI=1S/C19H21Cl2NO2S/c1-4-12(2)25-17(13-6-5-9-22-11-13)19(3,18(23)24)15-8-7-14(20)10-16(15)21/h5-12,17H,4H2,1-3H3,(H,23,24). The molecule has 0 saturated carbocycles. The number of aromatic nitrogens is 1. The Balaban J connectivity index is 2.64. The zero-order chi connectivity index (χ0) is 18.6. The maximum Gasteiger partial charge on any atom is 0.315 e. The predicted molar refractivity (Wildman–Crippen MR) is 106 cm³/mol. The normalized spacial score (nSPS) is 16.0. The number of carbonyl (C=O) groups is 1. The summed E-state index contributed by atoms with van der Waals surface area (Å²) in [6.45, 7) is 5.91. The van der Waals surface area contributed by atoms with Gasteiger partial charge in [-0.3, -0.25) is 9.78 Å². The Hall–Kier alpha value is -1.23. The van der Waals surface area contributed by atoms with Crippen LogP contribution in [0, 0.1) is 0 Å². The first kappa shape index (κ1) is 20.1. The van der Waals surface area contributed by atoms with Gasteiger partial charge in [-0.1, -0.05) is 49.2 Å². The van der Waals surface area contributed by atoms with E-state index in [1.165, 1.54) is 0 Å². The van der Waals surface area contributed by atoms with Crippen LogP contribution in [-0.2, 0) is 10.2 Å². The van der Waals surface area contributed by atoms with E-state index >= 15 is 0 Å². The van der Waals surface area contributed by atoms with Crippen LogP contribution in [0.3, 0.4) is 0 Å². The van der Waals surface area contributed by atoms with Crippen molar-refractivity contribution in [1.82, 2.24) is 4.98 Å². The minimum absolute atomic E-state index is 0.287. The molecule has 0 fully saturated rings. The van der Waals surface area contributed by atoms with E-state index in [1.54, 1.807) is 49.3 Å². The Labute approximate surface area is 162 Å². The van der Waals surface area contributed by atoms with Crippen LogP contribution < -0.4 is 0 Å². The van der Waals surface area contributed by atoms with Crippen LogP contribution in [0.2, 0.25) is 10.0 Å². The van der Waals surface area contributed by atoms with Gasteiger partial charge in [0, 0.05) is 27.7 Å². The lowest BCUT2D eigenvalue weighted by Crippen LogP contribution is -2.38. The molecule has 0 bridgehead atoms. The molecule has 0 amide bonds. The molecule has 3 atom stereocenters. The highest BCUT2D eigenvalue weighted by molar-refractivity contribution is 8.00. The third-order valence-electron chi connectivity index (χ3n) is 4.39. The molecule has 0 aliphatic rings. The molecule has 25 heavy (non-hydrogen) atoms. The number of hydrogen-bond donors (Lipinski definition) is 1. The molecule has 134 valence electrons. The number of nitrogens with zero attached hydrogens (tertiary/aromatic N) is 1. The van der Waals surface area contributed by atoms with E-state index < -0.39 is 11.4 Å². The number of halogens is 2. The fourth-order valence-corrected chi connectivity index (χ4v) is 4.75. The van der Waals surface area contributed by atoms with Gasteiger partial charge in [0.25, 0.3) is 0 Å². The molecule has 1 aromatic heterocycles. The van der Waals surface area contributed by atoms with Crippen molar-refractivity contribution in [3.8, 4) is 0 Å². The van der Waals surface area contributed by atoms with E-state index in [-0.39, 0.29) is 10.5 Å². The van der Waals surface area contributed by atoms with Crippen molar-refractivity contribution < 1.29 is 9.90 Å². The molecule has 0 spiro atoms. The number of rotatable bonds is 7. The summed E-state index contributed by atoms with van der Waals surface area (Å²) in [5, 5.41) is 11.0. The van der Waals surface area contributed by atoms with Gasteiger partial charge in [0.05, 0.1) is 5.25 Å². The fraction of sp³-hybridized carbons (Fsp3) is 0.368. The summed E-state index contributed by atoms with van der Waals surface area (Å²) in [5.41, 5.74) is 0.193.